The fourth-order valence-corrected chi connectivity index (χ4v) is 1.59. The van der Waals surface area contributed by atoms with Gasteiger partial charge in [0.25, 0.3) is 0 Å². The number of benzene rings is 1. The molecule has 0 aliphatic rings. The summed E-state index contributed by atoms with van der Waals surface area (Å²) >= 11 is 0. The van der Waals surface area contributed by atoms with Gasteiger partial charge in [-0.15, -0.1) is 0 Å². The summed E-state index contributed by atoms with van der Waals surface area (Å²) in [5, 5.41) is 12.5. The molecule has 2 aromatic rings. The van der Waals surface area contributed by atoms with E-state index >= 15 is 0 Å². The lowest BCUT2D eigenvalue weighted by Crippen LogP contribution is -2.05. The summed E-state index contributed by atoms with van der Waals surface area (Å²) in [6, 6.07) is 7.97. The number of nitrogens with zero attached hydrogens (tertiary/aromatic N) is 2. The van der Waals surface area contributed by atoms with Crippen molar-refractivity contribution in [1.29, 1.82) is 0 Å². The lowest BCUT2D eigenvalue weighted by Gasteiger charge is -2.07. The summed E-state index contributed by atoms with van der Waals surface area (Å²) < 4.78 is 5.00. The van der Waals surface area contributed by atoms with E-state index in [0.717, 1.165) is 36.2 Å². The van der Waals surface area contributed by atoms with Crippen LogP contribution in [-0.2, 0) is 4.74 Å². The van der Waals surface area contributed by atoms with Gasteiger partial charge in [-0.25, -0.2) is 0 Å². The maximum absolute atomic E-state index is 5.00. The molecule has 0 radical (unpaired) electrons. The molecule has 2 rings (SSSR count). The van der Waals surface area contributed by atoms with Crippen molar-refractivity contribution in [3.8, 4) is 0 Å². The maximum Gasteiger partial charge on any atom is 0.0950 e. The Morgan fingerprint density at radius 3 is 3.06 bits per heavy atom. The predicted octanol–water partition coefficient (Wildman–Crippen LogP) is 2.08. The topological polar surface area (TPSA) is 47.0 Å². The number of ether oxygens (including phenoxy) is 1. The molecule has 0 saturated carbocycles. The molecule has 4 heteroatoms. The molecule has 84 valence electrons. The van der Waals surface area contributed by atoms with Crippen LogP contribution in [0.1, 0.15) is 6.42 Å². The minimum atomic E-state index is 0.767. The van der Waals surface area contributed by atoms with E-state index in [0.29, 0.717) is 0 Å². The molecule has 0 unspecified atom stereocenters. The summed E-state index contributed by atoms with van der Waals surface area (Å²) in [4.78, 5) is 0. The number of aromatic nitrogens is 2. The fourth-order valence-electron chi connectivity index (χ4n) is 1.59. The number of methoxy groups -OCH3 is 1. The van der Waals surface area contributed by atoms with Gasteiger partial charge in [0, 0.05) is 25.6 Å². The standard InChI is InChI=1S/C12H15N3O/c1-16-8-4-7-13-12-9-14-15-11-6-3-2-5-10(11)12/h2-3,5-6,9H,4,7-8H2,1H3,(H,13,15). The molecule has 0 atom stereocenters. The SMILES string of the molecule is COCCCNc1cnnc2ccccc12. The van der Waals surface area contributed by atoms with Crippen LogP contribution in [0.2, 0.25) is 0 Å². The van der Waals surface area contributed by atoms with Crippen molar-refractivity contribution in [3.05, 3.63) is 30.5 Å². The van der Waals surface area contributed by atoms with Crippen LogP contribution in [0.5, 0.6) is 0 Å². The van der Waals surface area contributed by atoms with Gasteiger partial charge in [0.2, 0.25) is 0 Å². The molecular weight excluding hydrogens is 202 g/mol. The Kier molecular flexibility index (Phi) is 3.66. The molecule has 0 aliphatic heterocycles. The van der Waals surface area contributed by atoms with Crippen LogP contribution in [0.15, 0.2) is 30.5 Å². The Bertz CT molecular complexity index is 453. The van der Waals surface area contributed by atoms with Crippen LogP contribution in [0, 0.1) is 0 Å². The molecule has 4 nitrogen and oxygen atoms in total. The highest BCUT2D eigenvalue weighted by Gasteiger charge is 2.00. The molecule has 0 fully saturated rings. The Hall–Kier alpha value is -1.68. The monoisotopic (exact) mass is 217 g/mol. The Morgan fingerprint density at radius 2 is 2.19 bits per heavy atom. The van der Waals surface area contributed by atoms with Crippen LogP contribution >= 0.6 is 0 Å². The second-order valence-electron chi connectivity index (χ2n) is 3.55. The van der Waals surface area contributed by atoms with Gasteiger partial charge in [0.05, 0.1) is 17.4 Å². The molecule has 1 aromatic heterocycles. The predicted molar refractivity (Wildman–Crippen MR) is 64.5 cm³/mol. The van der Waals surface area contributed by atoms with Crippen molar-refractivity contribution in [2.45, 2.75) is 6.42 Å². The zero-order valence-corrected chi connectivity index (χ0v) is 9.31. The highest BCUT2D eigenvalue weighted by atomic mass is 16.5. The van der Waals surface area contributed by atoms with Gasteiger partial charge in [-0.05, 0) is 12.5 Å². The second-order valence-corrected chi connectivity index (χ2v) is 3.55. The zero-order chi connectivity index (χ0) is 11.2. The van der Waals surface area contributed by atoms with E-state index in [9.17, 15) is 0 Å². The van der Waals surface area contributed by atoms with E-state index in [2.05, 4.69) is 15.5 Å². The summed E-state index contributed by atoms with van der Waals surface area (Å²) in [5.41, 5.74) is 1.95. The third-order valence-electron chi connectivity index (χ3n) is 2.39. The van der Waals surface area contributed by atoms with Crippen molar-refractivity contribution in [2.75, 3.05) is 25.6 Å². The lowest BCUT2D eigenvalue weighted by molar-refractivity contribution is 0.198. The smallest absolute Gasteiger partial charge is 0.0950 e. The minimum Gasteiger partial charge on any atom is -0.385 e. The highest BCUT2D eigenvalue weighted by molar-refractivity contribution is 5.90. The molecule has 16 heavy (non-hydrogen) atoms. The van der Waals surface area contributed by atoms with Crippen LogP contribution in [0.25, 0.3) is 10.9 Å². The number of nitrogens with one attached hydrogen (secondary N) is 1. The molecule has 0 aliphatic carbocycles. The van der Waals surface area contributed by atoms with Gasteiger partial charge < -0.3 is 10.1 Å². The van der Waals surface area contributed by atoms with E-state index < -0.39 is 0 Å². The number of hydrogen-bond donors (Lipinski definition) is 1. The molecular formula is C12H15N3O. The Labute approximate surface area is 94.6 Å². The lowest BCUT2D eigenvalue weighted by atomic mass is 10.2. The molecule has 0 saturated heterocycles. The van der Waals surface area contributed by atoms with Crippen molar-refractivity contribution >= 4 is 16.6 Å². The van der Waals surface area contributed by atoms with Crippen molar-refractivity contribution in [2.24, 2.45) is 0 Å². The summed E-state index contributed by atoms with van der Waals surface area (Å²) in [6.45, 7) is 1.65. The molecule has 1 heterocycles. The van der Waals surface area contributed by atoms with Crippen LogP contribution < -0.4 is 5.32 Å². The second kappa shape index (κ2) is 5.42. The normalized spacial score (nSPS) is 10.6. The van der Waals surface area contributed by atoms with Gasteiger partial charge in [-0.1, -0.05) is 18.2 Å². The third kappa shape index (κ3) is 2.46. The van der Waals surface area contributed by atoms with Gasteiger partial charge in [0.1, 0.15) is 0 Å². The number of hydrogen-bond acceptors (Lipinski definition) is 4. The number of anilines is 1. The van der Waals surface area contributed by atoms with Crippen molar-refractivity contribution < 1.29 is 4.74 Å². The minimum absolute atomic E-state index is 0.767. The molecule has 0 amide bonds. The van der Waals surface area contributed by atoms with Crippen LogP contribution in [-0.4, -0.2) is 30.5 Å². The molecule has 1 N–H and O–H groups in total. The van der Waals surface area contributed by atoms with Gasteiger partial charge in [0.15, 0.2) is 0 Å². The van der Waals surface area contributed by atoms with Gasteiger partial charge >= 0.3 is 0 Å². The Morgan fingerprint density at radius 1 is 1.31 bits per heavy atom. The number of rotatable bonds is 5. The van der Waals surface area contributed by atoms with E-state index in [4.69, 9.17) is 4.74 Å². The average molecular weight is 217 g/mol. The molecule has 1 aromatic carbocycles. The summed E-state index contributed by atoms with van der Waals surface area (Å²) in [6.07, 6.45) is 2.74. The first-order valence-electron chi connectivity index (χ1n) is 5.35. The van der Waals surface area contributed by atoms with Crippen LogP contribution in [0.3, 0.4) is 0 Å². The van der Waals surface area contributed by atoms with Crippen LogP contribution in [0.4, 0.5) is 5.69 Å². The van der Waals surface area contributed by atoms with E-state index in [1.165, 1.54) is 0 Å². The Balaban J connectivity index is 2.11. The first kappa shape index (κ1) is 10.8. The quantitative estimate of drug-likeness (QED) is 0.779. The zero-order valence-electron chi connectivity index (χ0n) is 9.31. The maximum atomic E-state index is 5.00. The van der Waals surface area contributed by atoms with E-state index in [-0.39, 0.29) is 0 Å². The highest BCUT2D eigenvalue weighted by Crippen LogP contribution is 2.19. The van der Waals surface area contributed by atoms with E-state index in [1.54, 1.807) is 13.3 Å². The molecule has 0 spiro atoms. The van der Waals surface area contributed by atoms with Crippen molar-refractivity contribution in [1.82, 2.24) is 10.2 Å². The van der Waals surface area contributed by atoms with E-state index in [1.807, 2.05) is 24.3 Å². The molecule has 0 bridgehead atoms. The largest absolute Gasteiger partial charge is 0.385 e. The van der Waals surface area contributed by atoms with Gasteiger partial charge in [-0.3, -0.25) is 0 Å². The fraction of sp³-hybridized carbons (Fsp3) is 0.333. The summed E-state index contributed by atoms with van der Waals surface area (Å²) in [7, 11) is 1.71. The average Bonchev–Trinajstić information content (AvgIpc) is 2.35. The van der Waals surface area contributed by atoms with Gasteiger partial charge in [-0.2, -0.15) is 10.2 Å². The number of fused-ring (bicyclic) bond motifs is 1. The third-order valence-corrected chi connectivity index (χ3v) is 2.39. The first-order chi connectivity index (χ1) is 7.92. The summed E-state index contributed by atoms with van der Waals surface area (Å²) in [5.74, 6) is 0. The first-order valence-corrected chi connectivity index (χ1v) is 5.35. The van der Waals surface area contributed by atoms with Crippen molar-refractivity contribution in [3.63, 3.8) is 0 Å².